The molecule has 32 heavy (non-hydrogen) atoms. The van der Waals surface area contributed by atoms with E-state index < -0.39 is 11.9 Å². The topological polar surface area (TPSA) is 72.6 Å². The maximum absolute atomic E-state index is 11.3. The molecule has 6 heteroatoms. The average Bonchev–Trinajstić information content (AvgIpc) is 3.33. The fourth-order valence-electron chi connectivity index (χ4n) is 3.63. The first-order chi connectivity index (χ1) is 15.5. The van der Waals surface area contributed by atoms with Gasteiger partial charge in [0, 0.05) is 5.02 Å². The number of carboxylic acid groups (broad SMARTS) is 1. The molecular formula is C26H22ClNO4. The van der Waals surface area contributed by atoms with Gasteiger partial charge in [-0.05, 0) is 65.1 Å². The van der Waals surface area contributed by atoms with Crippen LogP contribution in [-0.4, -0.2) is 16.1 Å². The molecule has 0 saturated carbocycles. The second kappa shape index (κ2) is 9.71. The Morgan fingerprint density at radius 2 is 1.94 bits per heavy atom. The molecule has 1 N–H and O–H groups in total. The highest BCUT2D eigenvalue weighted by molar-refractivity contribution is 6.30. The third kappa shape index (κ3) is 5.18. The van der Waals surface area contributed by atoms with Crippen LogP contribution in [0.4, 0.5) is 0 Å². The number of carboxylic acids is 1. The number of rotatable bonds is 8. The van der Waals surface area contributed by atoms with Gasteiger partial charge in [-0.15, -0.1) is 0 Å². The minimum Gasteiger partial charge on any atom is -0.489 e. The molecule has 162 valence electrons. The molecule has 1 atom stereocenters. The van der Waals surface area contributed by atoms with Gasteiger partial charge in [-0.25, -0.2) is 4.98 Å². The number of halogens is 1. The fraction of sp³-hybridized carbons (Fsp3) is 0.154. The molecule has 0 aliphatic carbocycles. The highest BCUT2D eigenvalue weighted by Crippen LogP contribution is 2.30. The van der Waals surface area contributed by atoms with E-state index in [1.165, 1.54) is 12.5 Å². The number of carbonyl (C=O) groups is 1. The Morgan fingerprint density at radius 3 is 2.66 bits per heavy atom. The summed E-state index contributed by atoms with van der Waals surface area (Å²) in [5.41, 5.74) is 5.18. The van der Waals surface area contributed by atoms with Gasteiger partial charge >= 0.3 is 5.97 Å². The number of aliphatic carboxylic acids is 1. The van der Waals surface area contributed by atoms with E-state index in [1.807, 2.05) is 54.6 Å². The molecule has 4 aromatic rings. The first-order valence-electron chi connectivity index (χ1n) is 10.2. The molecule has 1 heterocycles. The van der Waals surface area contributed by atoms with E-state index in [1.54, 1.807) is 0 Å². The van der Waals surface area contributed by atoms with Crippen molar-refractivity contribution in [3.8, 4) is 16.9 Å². The maximum atomic E-state index is 11.3. The first-order valence-corrected chi connectivity index (χ1v) is 10.6. The highest BCUT2D eigenvalue weighted by atomic mass is 35.5. The molecule has 1 aromatic heterocycles. The van der Waals surface area contributed by atoms with Crippen LogP contribution in [0.15, 0.2) is 83.6 Å². The smallest absolute Gasteiger partial charge is 0.304 e. The van der Waals surface area contributed by atoms with Crippen LogP contribution < -0.4 is 4.74 Å². The molecule has 3 aromatic carbocycles. The molecule has 0 amide bonds. The summed E-state index contributed by atoms with van der Waals surface area (Å²) in [7, 11) is 0. The summed E-state index contributed by atoms with van der Waals surface area (Å²) in [5, 5.41) is 9.95. The molecule has 0 saturated heterocycles. The van der Waals surface area contributed by atoms with Gasteiger partial charge in [0.15, 0.2) is 0 Å². The summed E-state index contributed by atoms with van der Waals surface area (Å²) in [4.78, 5) is 15.4. The van der Waals surface area contributed by atoms with Crippen molar-refractivity contribution in [1.82, 2.24) is 4.98 Å². The fourth-order valence-corrected chi connectivity index (χ4v) is 3.80. The Morgan fingerprint density at radius 1 is 1.12 bits per heavy atom. The molecular weight excluding hydrogens is 426 g/mol. The van der Waals surface area contributed by atoms with Crippen molar-refractivity contribution in [2.75, 3.05) is 0 Å². The number of aromatic nitrogens is 1. The minimum absolute atomic E-state index is 0.101. The van der Waals surface area contributed by atoms with Gasteiger partial charge in [-0.1, -0.05) is 48.0 Å². The molecule has 0 radical (unpaired) electrons. The molecule has 4 rings (SSSR count). The number of aryl methyl sites for hydroxylation is 1. The molecule has 0 spiro atoms. The van der Waals surface area contributed by atoms with Gasteiger partial charge in [-0.2, -0.15) is 0 Å². The third-order valence-electron chi connectivity index (χ3n) is 5.25. The standard InChI is InChI=1S/C26H22ClNO4/c1-17-5-8-21(27)14-23(17)20-4-2-3-18(13-20)16-32-22-9-6-19(7-10-22)24(15-25(29)30)26-28-11-12-31-26/h2-14,24H,15-16H2,1H3,(H,29,30)/t24-/m0/s1. The average molecular weight is 448 g/mol. The largest absolute Gasteiger partial charge is 0.489 e. The van der Waals surface area contributed by atoms with Crippen LogP contribution in [0, 0.1) is 6.92 Å². The number of ether oxygens (including phenoxy) is 1. The second-order valence-corrected chi connectivity index (χ2v) is 7.97. The van der Waals surface area contributed by atoms with E-state index in [0.29, 0.717) is 23.3 Å². The van der Waals surface area contributed by atoms with E-state index in [4.69, 9.17) is 20.8 Å². The SMILES string of the molecule is Cc1ccc(Cl)cc1-c1cccc(COc2ccc([C@H](CC(=O)O)c3ncco3)cc2)c1. The Balaban J connectivity index is 1.47. The third-order valence-corrected chi connectivity index (χ3v) is 5.49. The monoisotopic (exact) mass is 447 g/mol. The quantitative estimate of drug-likeness (QED) is 0.334. The van der Waals surface area contributed by atoms with E-state index in [2.05, 4.69) is 24.0 Å². The summed E-state index contributed by atoms with van der Waals surface area (Å²) >= 11 is 6.18. The molecule has 0 bridgehead atoms. The maximum Gasteiger partial charge on any atom is 0.304 e. The molecule has 0 fully saturated rings. The van der Waals surface area contributed by atoms with Gasteiger partial charge in [-0.3, -0.25) is 4.79 Å². The molecule has 0 unspecified atom stereocenters. The normalized spacial score (nSPS) is 11.8. The van der Waals surface area contributed by atoms with Crippen LogP contribution in [0.25, 0.3) is 11.1 Å². The molecule has 0 aliphatic heterocycles. The van der Waals surface area contributed by atoms with E-state index in [-0.39, 0.29) is 6.42 Å². The van der Waals surface area contributed by atoms with Crippen molar-refractivity contribution >= 4 is 17.6 Å². The Kier molecular flexibility index (Phi) is 6.57. The summed E-state index contributed by atoms with van der Waals surface area (Å²) in [6.07, 6.45) is 2.86. The van der Waals surface area contributed by atoms with Crippen molar-refractivity contribution in [3.05, 3.63) is 107 Å². The summed E-state index contributed by atoms with van der Waals surface area (Å²) in [6.45, 7) is 2.47. The number of hydrogen-bond acceptors (Lipinski definition) is 4. The second-order valence-electron chi connectivity index (χ2n) is 7.54. The summed E-state index contributed by atoms with van der Waals surface area (Å²) in [6, 6.07) is 21.4. The van der Waals surface area contributed by atoms with E-state index in [0.717, 1.165) is 27.8 Å². The van der Waals surface area contributed by atoms with Crippen LogP contribution in [0.3, 0.4) is 0 Å². The first kappa shape index (κ1) is 21.7. The van der Waals surface area contributed by atoms with Gasteiger partial charge in [0.05, 0.1) is 18.5 Å². The summed E-state index contributed by atoms with van der Waals surface area (Å²) in [5.74, 6) is -0.286. The lowest BCUT2D eigenvalue weighted by atomic mass is 9.95. The van der Waals surface area contributed by atoms with Crippen molar-refractivity contribution in [3.63, 3.8) is 0 Å². The van der Waals surface area contributed by atoms with E-state index >= 15 is 0 Å². The zero-order chi connectivity index (χ0) is 22.5. The zero-order valence-electron chi connectivity index (χ0n) is 17.5. The number of benzene rings is 3. The van der Waals surface area contributed by atoms with Crippen molar-refractivity contribution in [2.24, 2.45) is 0 Å². The van der Waals surface area contributed by atoms with Gasteiger partial charge < -0.3 is 14.3 Å². The zero-order valence-corrected chi connectivity index (χ0v) is 18.3. The van der Waals surface area contributed by atoms with Gasteiger partial charge in [0.1, 0.15) is 18.6 Å². The minimum atomic E-state index is -0.914. The number of oxazole rings is 1. The Labute approximate surface area is 191 Å². The van der Waals surface area contributed by atoms with Crippen LogP contribution in [-0.2, 0) is 11.4 Å². The van der Waals surface area contributed by atoms with Crippen molar-refractivity contribution in [1.29, 1.82) is 0 Å². The lowest BCUT2D eigenvalue weighted by Crippen LogP contribution is -2.08. The van der Waals surface area contributed by atoms with Gasteiger partial charge in [0.2, 0.25) is 5.89 Å². The predicted octanol–water partition coefficient (Wildman–Crippen LogP) is 6.49. The highest BCUT2D eigenvalue weighted by Gasteiger charge is 2.22. The number of hydrogen-bond donors (Lipinski definition) is 1. The lowest BCUT2D eigenvalue weighted by molar-refractivity contribution is -0.137. The number of nitrogens with zero attached hydrogens (tertiary/aromatic N) is 1. The van der Waals surface area contributed by atoms with Gasteiger partial charge in [0.25, 0.3) is 0 Å². The van der Waals surface area contributed by atoms with Crippen LogP contribution >= 0.6 is 11.6 Å². The Bertz CT molecular complexity index is 1200. The van der Waals surface area contributed by atoms with Crippen molar-refractivity contribution < 1.29 is 19.1 Å². The van der Waals surface area contributed by atoms with Crippen LogP contribution in [0.1, 0.15) is 34.9 Å². The summed E-state index contributed by atoms with van der Waals surface area (Å²) < 4.78 is 11.3. The molecule has 5 nitrogen and oxygen atoms in total. The lowest BCUT2D eigenvalue weighted by Gasteiger charge is -2.13. The molecule has 0 aliphatic rings. The van der Waals surface area contributed by atoms with Crippen molar-refractivity contribution in [2.45, 2.75) is 25.9 Å². The van der Waals surface area contributed by atoms with E-state index in [9.17, 15) is 9.90 Å². The van der Waals surface area contributed by atoms with Crippen LogP contribution in [0.2, 0.25) is 5.02 Å². The Hall–Kier alpha value is -3.57. The van der Waals surface area contributed by atoms with Crippen LogP contribution in [0.5, 0.6) is 5.75 Å². The predicted molar refractivity (Wildman–Crippen MR) is 123 cm³/mol.